The summed E-state index contributed by atoms with van der Waals surface area (Å²) in [7, 11) is 1.58. The Bertz CT molecular complexity index is 786. The third-order valence-corrected chi connectivity index (χ3v) is 5.06. The number of nitrogens with zero attached hydrogens (tertiary/aromatic N) is 3. The summed E-state index contributed by atoms with van der Waals surface area (Å²) in [4.78, 5) is 4.31. The van der Waals surface area contributed by atoms with Crippen LogP contribution in [0.5, 0.6) is 5.75 Å². The Morgan fingerprint density at radius 2 is 1.72 bits per heavy atom. The Hall–Kier alpha value is -2.61. The highest BCUT2D eigenvalue weighted by molar-refractivity contribution is 6.00. The second-order valence-corrected chi connectivity index (χ2v) is 5.99. The number of hydrogen-bond donors (Lipinski definition) is 1. The molecule has 0 spiro atoms. The minimum atomic E-state index is -1.57. The SMILES string of the molecule is CCOC1(OCC)N=C(N)[C@]2(C#N)[C@H](c3ccc(OC)cc3)[C@]12C#N. The standard InChI is InChI=1S/C18H20N4O3/c1-4-24-18(25-5-2)17(11-20)14(16(17,10-19)15(21)22-18)12-6-8-13(23-3)9-7-12/h6-9,14H,4-5H2,1-3H3,(H2,21,22)/t14-,16-,17-/m0/s1. The number of amidine groups is 1. The Labute approximate surface area is 146 Å². The number of nitriles is 2. The van der Waals surface area contributed by atoms with Gasteiger partial charge in [0.2, 0.25) is 0 Å². The molecule has 7 heteroatoms. The molecular weight excluding hydrogens is 320 g/mol. The number of hydrogen-bond acceptors (Lipinski definition) is 7. The van der Waals surface area contributed by atoms with Crippen molar-refractivity contribution in [1.29, 1.82) is 10.5 Å². The highest BCUT2D eigenvalue weighted by Crippen LogP contribution is 2.81. The molecule has 1 fully saturated rings. The van der Waals surface area contributed by atoms with Gasteiger partial charge in [0.05, 0.1) is 19.2 Å². The molecule has 0 unspecified atom stereocenters. The van der Waals surface area contributed by atoms with E-state index in [1.54, 1.807) is 33.1 Å². The van der Waals surface area contributed by atoms with E-state index in [4.69, 9.17) is 19.9 Å². The van der Waals surface area contributed by atoms with Crippen LogP contribution in [0.3, 0.4) is 0 Å². The number of methoxy groups -OCH3 is 1. The first kappa shape index (κ1) is 17.2. The molecule has 25 heavy (non-hydrogen) atoms. The molecule has 0 saturated heterocycles. The Balaban J connectivity index is 2.17. The molecule has 130 valence electrons. The van der Waals surface area contributed by atoms with Crippen molar-refractivity contribution >= 4 is 5.84 Å². The van der Waals surface area contributed by atoms with Gasteiger partial charge in [-0.3, -0.25) is 0 Å². The summed E-state index contributed by atoms with van der Waals surface area (Å²) >= 11 is 0. The predicted molar refractivity (Wildman–Crippen MR) is 89.4 cm³/mol. The quantitative estimate of drug-likeness (QED) is 0.791. The number of ether oxygens (including phenoxy) is 3. The molecule has 1 aliphatic carbocycles. The molecule has 3 rings (SSSR count). The van der Waals surface area contributed by atoms with Crippen LogP contribution in [0.4, 0.5) is 0 Å². The van der Waals surface area contributed by atoms with Gasteiger partial charge in [-0.25, -0.2) is 4.99 Å². The van der Waals surface area contributed by atoms with Crippen LogP contribution < -0.4 is 10.5 Å². The lowest BCUT2D eigenvalue weighted by molar-refractivity contribution is -0.255. The maximum absolute atomic E-state index is 10.1. The summed E-state index contributed by atoms with van der Waals surface area (Å²) in [6, 6.07) is 11.7. The first-order chi connectivity index (χ1) is 12.0. The van der Waals surface area contributed by atoms with E-state index in [9.17, 15) is 10.5 Å². The van der Waals surface area contributed by atoms with Crippen LogP contribution in [-0.2, 0) is 9.47 Å². The zero-order chi connectivity index (χ0) is 18.3. The van der Waals surface area contributed by atoms with Gasteiger partial charge in [0, 0.05) is 19.1 Å². The lowest BCUT2D eigenvalue weighted by Gasteiger charge is -2.31. The number of rotatable bonds is 6. The highest BCUT2D eigenvalue weighted by Gasteiger charge is 2.93. The zero-order valence-electron chi connectivity index (χ0n) is 14.4. The van der Waals surface area contributed by atoms with Crippen molar-refractivity contribution in [2.45, 2.75) is 25.7 Å². The average molecular weight is 340 g/mol. The lowest BCUT2D eigenvalue weighted by atomic mass is 9.93. The van der Waals surface area contributed by atoms with Gasteiger partial charge in [-0.1, -0.05) is 12.1 Å². The molecular formula is C18H20N4O3. The van der Waals surface area contributed by atoms with Gasteiger partial charge in [0.15, 0.2) is 5.41 Å². The zero-order valence-corrected chi connectivity index (χ0v) is 14.4. The molecule has 1 aromatic carbocycles. The van der Waals surface area contributed by atoms with Gasteiger partial charge < -0.3 is 19.9 Å². The fourth-order valence-corrected chi connectivity index (χ4v) is 4.05. The first-order valence-electron chi connectivity index (χ1n) is 8.13. The maximum Gasteiger partial charge on any atom is 0.293 e. The second-order valence-electron chi connectivity index (χ2n) is 5.99. The number of aliphatic imine (C=N–C) groups is 1. The van der Waals surface area contributed by atoms with Crippen molar-refractivity contribution in [1.82, 2.24) is 0 Å². The van der Waals surface area contributed by atoms with Gasteiger partial charge in [0.25, 0.3) is 5.91 Å². The van der Waals surface area contributed by atoms with Crippen molar-refractivity contribution in [3.63, 3.8) is 0 Å². The normalized spacial score (nSPS) is 31.4. The monoisotopic (exact) mass is 340 g/mol. The first-order valence-corrected chi connectivity index (χ1v) is 8.13. The minimum absolute atomic E-state index is 0.0827. The molecule has 2 N–H and O–H groups in total. The van der Waals surface area contributed by atoms with Crippen LogP contribution in [0.2, 0.25) is 0 Å². The van der Waals surface area contributed by atoms with Crippen LogP contribution in [0.25, 0.3) is 0 Å². The summed E-state index contributed by atoms with van der Waals surface area (Å²) in [5, 5.41) is 20.0. The molecule has 2 aliphatic rings. The largest absolute Gasteiger partial charge is 0.497 e. The van der Waals surface area contributed by atoms with Crippen molar-refractivity contribution in [3.05, 3.63) is 29.8 Å². The summed E-state index contributed by atoms with van der Waals surface area (Å²) < 4.78 is 16.7. The molecule has 0 aromatic heterocycles. The van der Waals surface area contributed by atoms with Crippen molar-refractivity contribution < 1.29 is 14.2 Å². The molecule has 7 nitrogen and oxygen atoms in total. The van der Waals surface area contributed by atoms with E-state index in [0.29, 0.717) is 5.75 Å². The Morgan fingerprint density at radius 1 is 1.12 bits per heavy atom. The van der Waals surface area contributed by atoms with E-state index in [-0.39, 0.29) is 19.0 Å². The third-order valence-electron chi connectivity index (χ3n) is 5.06. The molecule has 0 bridgehead atoms. The second kappa shape index (κ2) is 5.73. The molecule has 1 saturated carbocycles. The summed E-state index contributed by atoms with van der Waals surface area (Å²) in [6.45, 7) is 4.12. The smallest absolute Gasteiger partial charge is 0.293 e. The molecule has 1 aromatic rings. The summed E-state index contributed by atoms with van der Waals surface area (Å²) in [6.07, 6.45) is 0. The van der Waals surface area contributed by atoms with Gasteiger partial charge in [-0.05, 0) is 31.5 Å². The van der Waals surface area contributed by atoms with E-state index in [1.807, 2.05) is 12.1 Å². The van der Waals surface area contributed by atoms with Crippen LogP contribution in [0, 0.1) is 33.5 Å². The number of nitrogens with two attached hydrogens (primary N) is 1. The van der Waals surface area contributed by atoms with Crippen molar-refractivity contribution in [3.8, 4) is 17.9 Å². The van der Waals surface area contributed by atoms with Gasteiger partial charge in [-0.15, -0.1) is 0 Å². The van der Waals surface area contributed by atoms with Crippen LogP contribution in [-0.4, -0.2) is 32.1 Å². The topological polar surface area (TPSA) is 114 Å². The van der Waals surface area contributed by atoms with Crippen molar-refractivity contribution in [2.24, 2.45) is 21.6 Å². The number of benzene rings is 1. The molecule has 0 radical (unpaired) electrons. The molecule has 1 aliphatic heterocycles. The van der Waals surface area contributed by atoms with Crippen LogP contribution >= 0.6 is 0 Å². The van der Waals surface area contributed by atoms with E-state index in [0.717, 1.165) is 5.56 Å². The van der Waals surface area contributed by atoms with E-state index < -0.39 is 22.7 Å². The van der Waals surface area contributed by atoms with Gasteiger partial charge in [0.1, 0.15) is 17.0 Å². The lowest BCUT2D eigenvalue weighted by Crippen LogP contribution is -2.43. The summed E-state index contributed by atoms with van der Waals surface area (Å²) in [5.74, 6) is -1.29. The number of fused-ring (bicyclic) bond motifs is 1. The molecule has 3 atom stereocenters. The van der Waals surface area contributed by atoms with Crippen molar-refractivity contribution in [2.75, 3.05) is 20.3 Å². The maximum atomic E-state index is 10.1. The average Bonchev–Trinajstić information content (AvgIpc) is 3.21. The molecule has 1 heterocycles. The Kier molecular flexibility index (Phi) is 3.95. The minimum Gasteiger partial charge on any atom is -0.497 e. The summed E-state index contributed by atoms with van der Waals surface area (Å²) in [5.41, 5.74) is 4.35. The van der Waals surface area contributed by atoms with E-state index in [2.05, 4.69) is 17.1 Å². The highest BCUT2D eigenvalue weighted by atomic mass is 16.7. The van der Waals surface area contributed by atoms with Gasteiger partial charge >= 0.3 is 0 Å². The Morgan fingerprint density at radius 3 is 2.16 bits per heavy atom. The molecule has 0 amide bonds. The fourth-order valence-electron chi connectivity index (χ4n) is 4.05. The predicted octanol–water partition coefficient (Wildman–Crippen LogP) is 1.91. The van der Waals surface area contributed by atoms with Crippen LogP contribution in [0.15, 0.2) is 29.3 Å². The van der Waals surface area contributed by atoms with Crippen LogP contribution in [0.1, 0.15) is 25.3 Å². The third kappa shape index (κ3) is 1.82. The van der Waals surface area contributed by atoms with E-state index in [1.165, 1.54) is 0 Å². The fraction of sp³-hybridized carbons (Fsp3) is 0.500. The van der Waals surface area contributed by atoms with E-state index >= 15 is 0 Å². The van der Waals surface area contributed by atoms with Gasteiger partial charge in [-0.2, -0.15) is 10.5 Å².